The van der Waals surface area contributed by atoms with Gasteiger partial charge in [0, 0.05) is 6.04 Å². The van der Waals surface area contributed by atoms with Crippen molar-refractivity contribution in [2.24, 2.45) is 5.41 Å². The highest BCUT2D eigenvalue weighted by Gasteiger charge is 2.22. The highest BCUT2D eigenvalue weighted by molar-refractivity contribution is 4.92. The molecule has 0 amide bonds. The summed E-state index contributed by atoms with van der Waals surface area (Å²) in [5.41, 5.74) is -0.156. The molecule has 1 saturated heterocycles. The summed E-state index contributed by atoms with van der Waals surface area (Å²) < 4.78 is 0. The van der Waals surface area contributed by atoms with Gasteiger partial charge in [0.05, 0.1) is 11.5 Å². The van der Waals surface area contributed by atoms with E-state index in [9.17, 15) is 0 Å². The molecule has 0 bridgehead atoms. The van der Waals surface area contributed by atoms with Gasteiger partial charge in [-0.2, -0.15) is 5.26 Å². The highest BCUT2D eigenvalue weighted by Crippen LogP contribution is 2.22. The SMILES string of the molecule is CC1CCCCN1CCC(C)(C)C#N. The summed E-state index contributed by atoms with van der Waals surface area (Å²) >= 11 is 0. The van der Waals surface area contributed by atoms with E-state index in [1.165, 1.54) is 25.8 Å². The summed E-state index contributed by atoms with van der Waals surface area (Å²) in [6, 6.07) is 3.09. The van der Waals surface area contributed by atoms with Crippen LogP contribution in [0.2, 0.25) is 0 Å². The Morgan fingerprint density at radius 1 is 1.43 bits per heavy atom. The minimum absolute atomic E-state index is 0.156. The molecule has 2 heteroatoms. The second kappa shape index (κ2) is 4.79. The number of hydrogen-bond donors (Lipinski definition) is 0. The molecule has 1 rings (SSSR count). The van der Waals surface area contributed by atoms with Gasteiger partial charge in [-0.25, -0.2) is 0 Å². The molecule has 0 aromatic carbocycles. The monoisotopic (exact) mass is 194 g/mol. The van der Waals surface area contributed by atoms with E-state index < -0.39 is 0 Å². The summed E-state index contributed by atoms with van der Waals surface area (Å²) in [5.74, 6) is 0. The van der Waals surface area contributed by atoms with Crippen LogP contribution in [-0.4, -0.2) is 24.0 Å². The first-order valence-corrected chi connectivity index (χ1v) is 5.70. The first-order valence-electron chi connectivity index (χ1n) is 5.70. The summed E-state index contributed by atoms with van der Waals surface area (Å²) in [4.78, 5) is 2.53. The molecular formula is C12H22N2. The molecule has 2 nitrogen and oxygen atoms in total. The topological polar surface area (TPSA) is 27.0 Å². The molecule has 1 unspecified atom stereocenters. The van der Waals surface area contributed by atoms with Crippen LogP contribution in [0, 0.1) is 16.7 Å². The van der Waals surface area contributed by atoms with Crippen molar-refractivity contribution in [1.29, 1.82) is 5.26 Å². The predicted octanol–water partition coefficient (Wildman–Crippen LogP) is 2.80. The second-order valence-corrected chi connectivity index (χ2v) is 5.13. The molecule has 0 aliphatic carbocycles. The van der Waals surface area contributed by atoms with Crippen molar-refractivity contribution >= 4 is 0 Å². The molecule has 0 N–H and O–H groups in total. The molecule has 0 saturated carbocycles. The smallest absolute Gasteiger partial charge is 0.0684 e. The lowest BCUT2D eigenvalue weighted by Crippen LogP contribution is -2.39. The van der Waals surface area contributed by atoms with Gasteiger partial charge in [0.2, 0.25) is 0 Å². The van der Waals surface area contributed by atoms with Crippen LogP contribution >= 0.6 is 0 Å². The van der Waals surface area contributed by atoms with E-state index >= 15 is 0 Å². The van der Waals surface area contributed by atoms with Crippen LogP contribution in [0.5, 0.6) is 0 Å². The normalized spacial score (nSPS) is 24.6. The number of rotatable bonds is 3. The van der Waals surface area contributed by atoms with Gasteiger partial charge in [0.15, 0.2) is 0 Å². The summed E-state index contributed by atoms with van der Waals surface area (Å²) in [6.45, 7) is 8.67. The predicted molar refractivity (Wildman–Crippen MR) is 58.9 cm³/mol. The highest BCUT2D eigenvalue weighted by atomic mass is 15.2. The molecular weight excluding hydrogens is 172 g/mol. The van der Waals surface area contributed by atoms with Crippen molar-refractivity contribution in [2.45, 2.75) is 52.5 Å². The fourth-order valence-electron chi connectivity index (χ4n) is 1.97. The largest absolute Gasteiger partial charge is 0.301 e. The summed E-state index contributed by atoms with van der Waals surface area (Å²) in [7, 11) is 0. The van der Waals surface area contributed by atoms with Crippen LogP contribution in [0.1, 0.15) is 46.5 Å². The Bertz CT molecular complexity index is 215. The molecule has 1 fully saturated rings. The van der Waals surface area contributed by atoms with Crippen LogP contribution < -0.4 is 0 Å². The average molecular weight is 194 g/mol. The number of likely N-dealkylation sites (tertiary alicyclic amines) is 1. The number of nitrogens with zero attached hydrogens (tertiary/aromatic N) is 2. The van der Waals surface area contributed by atoms with Crippen LogP contribution in [0.4, 0.5) is 0 Å². The fraction of sp³-hybridized carbons (Fsp3) is 0.917. The van der Waals surface area contributed by atoms with Crippen molar-refractivity contribution in [2.75, 3.05) is 13.1 Å². The molecule has 1 aliphatic rings. The molecule has 1 aliphatic heterocycles. The van der Waals surface area contributed by atoms with E-state index in [0.29, 0.717) is 0 Å². The van der Waals surface area contributed by atoms with Crippen molar-refractivity contribution in [1.82, 2.24) is 4.90 Å². The number of nitriles is 1. The molecule has 0 spiro atoms. The van der Waals surface area contributed by atoms with Crippen molar-refractivity contribution < 1.29 is 0 Å². The van der Waals surface area contributed by atoms with E-state index in [1.54, 1.807) is 0 Å². The van der Waals surface area contributed by atoms with E-state index in [0.717, 1.165) is 19.0 Å². The lowest BCUT2D eigenvalue weighted by atomic mass is 9.90. The van der Waals surface area contributed by atoms with Crippen LogP contribution in [-0.2, 0) is 0 Å². The first kappa shape index (κ1) is 11.5. The molecule has 0 radical (unpaired) electrons. The summed E-state index contributed by atoms with van der Waals surface area (Å²) in [5, 5.41) is 8.92. The van der Waals surface area contributed by atoms with Gasteiger partial charge < -0.3 is 4.90 Å². The third-order valence-corrected chi connectivity index (χ3v) is 3.27. The van der Waals surface area contributed by atoms with E-state index in [-0.39, 0.29) is 5.41 Å². The second-order valence-electron chi connectivity index (χ2n) is 5.13. The lowest BCUT2D eigenvalue weighted by Gasteiger charge is -2.34. The minimum atomic E-state index is -0.156. The van der Waals surface area contributed by atoms with Crippen LogP contribution in [0.25, 0.3) is 0 Å². The molecule has 1 atom stereocenters. The third kappa shape index (κ3) is 3.31. The van der Waals surface area contributed by atoms with Gasteiger partial charge in [-0.05, 0) is 53.1 Å². The quantitative estimate of drug-likeness (QED) is 0.690. The maximum atomic E-state index is 8.92. The Kier molecular flexibility index (Phi) is 3.95. The van der Waals surface area contributed by atoms with Crippen LogP contribution in [0.3, 0.4) is 0 Å². The Hall–Kier alpha value is -0.550. The van der Waals surface area contributed by atoms with E-state index in [4.69, 9.17) is 5.26 Å². The van der Waals surface area contributed by atoms with E-state index in [2.05, 4.69) is 17.9 Å². The molecule has 0 aromatic heterocycles. The van der Waals surface area contributed by atoms with Crippen molar-refractivity contribution in [3.63, 3.8) is 0 Å². The maximum absolute atomic E-state index is 8.92. The molecule has 0 aromatic rings. The Morgan fingerprint density at radius 3 is 2.71 bits per heavy atom. The Morgan fingerprint density at radius 2 is 2.14 bits per heavy atom. The zero-order chi connectivity index (χ0) is 10.6. The standard InChI is InChI=1S/C12H22N2/c1-11-6-4-5-8-14(11)9-7-12(2,3)10-13/h11H,4-9H2,1-3H3. The zero-order valence-corrected chi connectivity index (χ0v) is 9.71. The first-order chi connectivity index (χ1) is 6.55. The van der Waals surface area contributed by atoms with Crippen molar-refractivity contribution in [3.05, 3.63) is 0 Å². The average Bonchev–Trinajstić information content (AvgIpc) is 2.17. The number of piperidine rings is 1. The van der Waals surface area contributed by atoms with Gasteiger partial charge in [0.25, 0.3) is 0 Å². The van der Waals surface area contributed by atoms with Crippen molar-refractivity contribution in [3.8, 4) is 6.07 Å². The van der Waals surface area contributed by atoms with Gasteiger partial charge in [-0.1, -0.05) is 6.42 Å². The molecule has 1 heterocycles. The lowest BCUT2D eigenvalue weighted by molar-refractivity contribution is 0.146. The maximum Gasteiger partial charge on any atom is 0.0684 e. The zero-order valence-electron chi connectivity index (χ0n) is 9.71. The fourth-order valence-corrected chi connectivity index (χ4v) is 1.97. The van der Waals surface area contributed by atoms with Crippen LogP contribution in [0.15, 0.2) is 0 Å². The van der Waals surface area contributed by atoms with Gasteiger partial charge in [-0.15, -0.1) is 0 Å². The Balaban J connectivity index is 2.33. The van der Waals surface area contributed by atoms with Gasteiger partial charge in [0.1, 0.15) is 0 Å². The molecule has 80 valence electrons. The minimum Gasteiger partial charge on any atom is -0.301 e. The van der Waals surface area contributed by atoms with Gasteiger partial charge in [-0.3, -0.25) is 0 Å². The van der Waals surface area contributed by atoms with E-state index in [1.807, 2.05) is 13.8 Å². The number of hydrogen-bond acceptors (Lipinski definition) is 2. The van der Waals surface area contributed by atoms with Gasteiger partial charge >= 0.3 is 0 Å². The molecule has 14 heavy (non-hydrogen) atoms. The summed E-state index contributed by atoms with van der Waals surface area (Å²) in [6.07, 6.45) is 5.03. The Labute approximate surface area is 87.9 Å². The third-order valence-electron chi connectivity index (χ3n) is 3.27.